The Morgan fingerprint density at radius 1 is 0.895 bits per heavy atom. The molecule has 0 amide bonds. The molecule has 2 rings (SSSR count). The second-order valence-electron chi connectivity index (χ2n) is 4.47. The van der Waals surface area contributed by atoms with Crippen LogP contribution in [0.3, 0.4) is 0 Å². The van der Waals surface area contributed by atoms with E-state index in [1.54, 1.807) is 0 Å². The second kappa shape index (κ2) is 7.69. The molecule has 0 aliphatic rings. The van der Waals surface area contributed by atoms with Crippen LogP contribution in [0.15, 0.2) is 60.7 Å². The largest absolute Gasteiger partial charge is 0.391 e. The van der Waals surface area contributed by atoms with Gasteiger partial charge in [-0.2, -0.15) is 5.48 Å². The maximum atomic E-state index is 9.86. The van der Waals surface area contributed by atoms with Crippen LogP contribution in [0.4, 0.5) is 0 Å². The van der Waals surface area contributed by atoms with Crippen molar-refractivity contribution in [3.05, 3.63) is 71.8 Å². The van der Waals surface area contributed by atoms with Crippen molar-refractivity contribution >= 4 is 0 Å². The first-order valence-electron chi connectivity index (χ1n) is 6.45. The molecule has 0 heterocycles. The number of hydrogen-bond donors (Lipinski definition) is 2. The van der Waals surface area contributed by atoms with Crippen LogP contribution in [0.2, 0.25) is 0 Å². The van der Waals surface area contributed by atoms with Crippen LogP contribution in [-0.4, -0.2) is 17.8 Å². The van der Waals surface area contributed by atoms with Gasteiger partial charge in [-0.3, -0.25) is 4.84 Å². The Morgan fingerprint density at radius 3 is 2.11 bits per heavy atom. The van der Waals surface area contributed by atoms with E-state index < -0.39 is 6.10 Å². The highest BCUT2D eigenvalue weighted by Gasteiger charge is 2.04. The number of hydrogen-bond acceptors (Lipinski definition) is 3. The molecular weight excluding hydrogens is 238 g/mol. The topological polar surface area (TPSA) is 41.5 Å². The van der Waals surface area contributed by atoms with Crippen LogP contribution in [0.25, 0.3) is 0 Å². The molecule has 0 spiro atoms. The number of hydroxylamine groups is 1. The van der Waals surface area contributed by atoms with Crippen molar-refractivity contribution in [3.63, 3.8) is 0 Å². The summed E-state index contributed by atoms with van der Waals surface area (Å²) < 4.78 is 0. The molecule has 2 aromatic carbocycles. The summed E-state index contributed by atoms with van der Waals surface area (Å²) in [5.74, 6) is 0. The molecule has 0 bridgehead atoms. The van der Waals surface area contributed by atoms with Gasteiger partial charge >= 0.3 is 0 Å². The van der Waals surface area contributed by atoms with Crippen LogP contribution in [-0.2, 0) is 17.9 Å². The van der Waals surface area contributed by atoms with Gasteiger partial charge in [-0.25, -0.2) is 0 Å². The van der Waals surface area contributed by atoms with E-state index >= 15 is 0 Å². The normalized spacial score (nSPS) is 12.3. The maximum absolute atomic E-state index is 9.86. The Labute approximate surface area is 113 Å². The highest BCUT2D eigenvalue weighted by molar-refractivity contribution is 5.15. The molecule has 2 aromatic rings. The number of nitrogens with one attached hydrogen (secondary N) is 1. The Balaban J connectivity index is 1.63. The molecule has 0 saturated heterocycles. The zero-order chi connectivity index (χ0) is 13.3. The summed E-state index contributed by atoms with van der Waals surface area (Å²) in [4.78, 5) is 5.32. The fourth-order valence-electron chi connectivity index (χ4n) is 1.82. The molecule has 0 aliphatic carbocycles. The van der Waals surface area contributed by atoms with Crippen molar-refractivity contribution in [1.82, 2.24) is 5.48 Å². The van der Waals surface area contributed by atoms with Gasteiger partial charge in [-0.05, 0) is 17.5 Å². The van der Waals surface area contributed by atoms with Gasteiger partial charge in [0, 0.05) is 6.54 Å². The van der Waals surface area contributed by atoms with E-state index in [1.165, 1.54) is 0 Å². The zero-order valence-electron chi connectivity index (χ0n) is 10.8. The lowest BCUT2D eigenvalue weighted by atomic mass is 10.1. The molecule has 1 atom stereocenters. The molecule has 0 aromatic heterocycles. The molecule has 3 heteroatoms. The smallest absolute Gasteiger partial charge is 0.0933 e. The molecule has 0 radical (unpaired) electrons. The number of aliphatic hydroxyl groups excluding tert-OH is 1. The third kappa shape index (κ3) is 5.22. The number of rotatable bonds is 7. The first kappa shape index (κ1) is 13.7. The Bertz CT molecular complexity index is 459. The van der Waals surface area contributed by atoms with E-state index in [4.69, 9.17) is 4.84 Å². The van der Waals surface area contributed by atoms with Gasteiger partial charge in [0.1, 0.15) is 0 Å². The fourth-order valence-corrected chi connectivity index (χ4v) is 1.82. The standard InChI is InChI=1S/C16H19NO2/c18-16(11-14-7-3-1-4-8-14)12-17-19-13-15-9-5-2-6-10-15/h1-10,16-18H,11-13H2. The van der Waals surface area contributed by atoms with E-state index in [0.29, 0.717) is 19.6 Å². The highest BCUT2D eigenvalue weighted by atomic mass is 16.6. The maximum Gasteiger partial charge on any atom is 0.0933 e. The summed E-state index contributed by atoms with van der Waals surface area (Å²) >= 11 is 0. The first-order valence-corrected chi connectivity index (χ1v) is 6.45. The van der Waals surface area contributed by atoms with Crippen LogP contribution in [0, 0.1) is 0 Å². The van der Waals surface area contributed by atoms with Gasteiger partial charge in [-0.15, -0.1) is 0 Å². The first-order chi connectivity index (χ1) is 9.34. The summed E-state index contributed by atoms with van der Waals surface area (Å²) in [6, 6.07) is 19.9. The molecule has 0 aliphatic heterocycles. The van der Waals surface area contributed by atoms with Gasteiger partial charge < -0.3 is 5.11 Å². The van der Waals surface area contributed by atoms with Crippen molar-refractivity contribution in [2.45, 2.75) is 19.1 Å². The van der Waals surface area contributed by atoms with E-state index in [1.807, 2.05) is 60.7 Å². The minimum Gasteiger partial charge on any atom is -0.391 e. The van der Waals surface area contributed by atoms with Crippen molar-refractivity contribution in [3.8, 4) is 0 Å². The van der Waals surface area contributed by atoms with Crippen molar-refractivity contribution < 1.29 is 9.94 Å². The van der Waals surface area contributed by atoms with Crippen molar-refractivity contribution in [1.29, 1.82) is 0 Å². The van der Waals surface area contributed by atoms with Gasteiger partial charge in [0.2, 0.25) is 0 Å². The van der Waals surface area contributed by atoms with E-state index in [0.717, 1.165) is 11.1 Å². The SMILES string of the molecule is OC(CNOCc1ccccc1)Cc1ccccc1. The van der Waals surface area contributed by atoms with Crippen molar-refractivity contribution in [2.24, 2.45) is 0 Å². The summed E-state index contributed by atoms with van der Waals surface area (Å²) in [6.07, 6.45) is 0.181. The van der Waals surface area contributed by atoms with Gasteiger partial charge in [0.15, 0.2) is 0 Å². The molecule has 2 N–H and O–H groups in total. The minimum atomic E-state index is -0.446. The highest BCUT2D eigenvalue weighted by Crippen LogP contribution is 2.03. The Kier molecular flexibility index (Phi) is 5.56. The van der Waals surface area contributed by atoms with Gasteiger partial charge in [-0.1, -0.05) is 60.7 Å². The van der Waals surface area contributed by atoms with Crippen LogP contribution >= 0.6 is 0 Å². The zero-order valence-corrected chi connectivity index (χ0v) is 10.8. The average Bonchev–Trinajstić information content (AvgIpc) is 2.46. The average molecular weight is 257 g/mol. The monoisotopic (exact) mass is 257 g/mol. The molecule has 0 fully saturated rings. The van der Waals surface area contributed by atoms with Gasteiger partial charge in [0.25, 0.3) is 0 Å². The summed E-state index contributed by atoms with van der Waals surface area (Å²) in [7, 11) is 0. The van der Waals surface area contributed by atoms with Crippen LogP contribution in [0.5, 0.6) is 0 Å². The molecule has 0 saturated carbocycles. The lowest BCUT2D eigenvalue weighted by Crippen LogP contribution is -2.28. The van der Waals surface area contributed by atoms with E-state index in [2.05, 4.69) is 5.48 Å². The molecule has 19 heavy (non-hydrogen) atoms. The Hall–Kier alpha value is -1.68. The van der Waals surface area contributed by atoms with Crippen LogP contribution in [0.1, 0.15) is 11.1 Å². The quantitative estimate of drug-likeness (QED) is 0.591. The second-order valence-corrected chi connectivity index (χ2v) is 4.47. The molecule has 100 valence electrons. The van der Waals surface area contributed by atoms with Crippen LogP contribution < -0.4 is 5.48 Å². The van der Waals surface area contributed by atoms with E-state index in [-0.39, 0.29) is 0 Å². The summed E-state index contributed by atoms with van der Waals surface area (Å²) in [5, 5.41) is 9.86. The molecule has 3 nitrogen and oxygen atoms in total. The summed E-state index contributed by atoms with van der Waals surface area (Å²) in [5.41, 5.74) is 5.03. The summed E-state index contributed by atoms with van der Waals surface area (Å²) in [6.45, 7) is 0.917. The third-order valence-electron chi connectivity index (χ3n) is 2.82. The van der Waals surface area contributed by atoms with E-state index in [9.17, 15) is 5.11 Å². The predicted octanol–water partition coefficient (Wildman–Crippen LogP) is 2.31. The lowest BCUT2D eigenvalue weighted by molar-refractivity contribution is 0.00332. The third-order valence-corrected chi connectivity index (χ3v) is 2.82. The van der Waals surface area contributed by atoms with Crippen molar-refractivity contribution in [2.75, 3.05) is 6.54 Å². The number of aliphatic hydroxyl groups is 1. The minimum absolute atomic E-state index is 0.418. The Morgan fingerprint density at radius 2 is 1.47 bits per heavy atom. The molecule has 1 unspecified atom stereocenters. The molecular formula is C16H19NO2. The lowest BCUT2D eigenvalue weighted by Gasteiger charge is -2.12. The van der Waals surface area contributed by atoms with Gasteiger partial charge in [0.05, 0.1) is 12.7 Å². The predicted molar refractivity (Wildman–Crippen MR) is 75.4 cm³/mol. The fraction of sp³-hybridized carbons (Fsp3) is 0.250. The number of benzene rings is 2.